The number of hydrogen-bond acceptors (Lipinski definition) is 3. The maximum absolute atomic E-state index is 12.4. The molecule has 0 bridgehead atoms. The first-order chi connectivity index (χ1) is 12.0. The molecule has 1 aromatic heterocycles. The number of hydrogen-bond donors (Lipinski definition) is 1. The van der Waals surface area contributed by atoms with Crippen molar-refractivity contribution in [2.45, 2.75) is 18.4 Å². The van der Waals surface area contributed by atoms with E-state index in [1.165, 1.54) is 6.07 Å². The van der Waals surface area contributed by atoms with Crippen molar-refractivity contribution >= 4 is 21.6 Å². The molecule has 3 rings (SSSR count). The molecule has 0 spiro atoms. The van der Waals surface area contributed by atoms with Gasteiger partial charge in [0.2, 0.25) is 10.0 Å². The second kappa shape index (κ2) is 7.39. The predicted molar refractivity (Wildman–Crippen MR) is 99.0 cm³/mol. The number of aryl methyl sites for hydroxylation is 1. The Bertz CT molecular complexity index is 969. The second-order valence-electron chi connectivity index (χ2n) is 5.67. The summed E-state index contributed by atoms with van der Waals surface area (Å²) in [6.45, 7) is 2.42. The fraction of sp³-hybridized carbons (Fsp3) is 0.167. The molecule has 1 heterocycles. The fourth-order valence-corrected chi connectivity index (χ4v) is 4.03. The van der Waals surface area contributed by atoms with Crippen molar-refractivity contribution in [1.82, 2.24) is 14.5 Å². The molecule has 2 aromatic carbocycles. The zero-order chi connectivity index (χ0) is 17.9. The highest BCUT2D eigenvalue weighted by Crippen LogP contribution is 2.20. The average Bonchev–Trinajstić information content (AvgIpc) is 3.06. The molecule has 0 aliphatic heterocycles. The highest BCUT2D eigenvalue weighted by Gasteiger charge is 2.16. The molecule has 0 saturated heterocycles. The summed E-state index contributed by atoms with van der Waals surface area (Å²) in [7, 11) is -3.60. The molecule has 7 heteroatoms. The minimum absolute atomic E-state index is 0.199. The molecule has 130 valence electrons. The third kappa shape index (κ3) is 4.28. The van der Waals surface area contributed by atoms with Crippen molar-refractivity contribution in [1.29, 1.82) is 0 Å². The largest absolute Gasteiger partial charge is 0.271 e. The Morgan fingerprint density at radius 2 is 1.88 bits per heavy atom. The number of nitrogens with zero attached hydrogens (tertiary/aromatic N) is 2. The number of nitrogens with one attached hydrogen (secondary N) is 1. The lowest BCUT2D eigenvalue weighted by Crippen LogP contribution is -2.28. The van der Waals surface area contributed by atoms with Gasteiger partial charge in [-0.05, 0) is 30.2 Å². The van der Waals surface area contributed by atoms with E-state index in [4.69, 9.17) is 11.6 Å². The number of aromatic nitrogens is 2. The second-order valence-corrected chi connectivity index (χ2v) is 7.84. The predicted octanol–water partition coefficient (Wildman–Crippen LogP) is 3.49. The molecule has 0 amide bonds. The fourth-order valence-electron chi connectivity index (χ4n) is 2.50. The van der Waals surface area contributed by atoms with E-state index in [1.54, 1.807) is 29.9 Å². The standard InChI is InChI=1S/C18H18ClN3O2S/c1-14-7-8-17(19)11-18(14)25(23,24)21-9-10-22-13-16(12-20-22)15-5-3-2-4-6-15/h2-8,11-13,21H,9-10H2,1H3. The van der Waals surface area contributed by atoms with Gasteiger partial charge < -0.3 is 0 Å². The quantitative estimate of drug-likeness (QED) is 0.717. The van der Waals surface area contributed by atoms with Crippen LogP contribution in [0.25, 0.3) is 11.1 Å². The maximum atomic E-state index is 12.4. The molecule has 0 aliphatic rings. The van der Waals surface area contributed by atoms with Gasteiger partial charge >= 0.3 is 0 Å². The van der Waals surface area contributed by atoms with E-state index in [2.05, 4.69) is 9.82 Å². The third-order valence-electron chi connectivity index (χ3n) is 3.81. The van der Waals surface area contributed by atoms with E-state index in [1.807, 2.05) is 36.5 Å². The molecule has 0 radical (unpaired) electrons. The summed E-state index contributed by atoms with van der Waals surface area (Å²) in [4.78, 5) is 0.199. The summed E-state index contributed by atoms with van der Waals surface area (Å²) in [6, 6.07) is 14.7. The molecular formula is C18H18ClN3O2S. The van der Waals surface area contributed by atoms with E-state index in [9.17, 15) is 8.42 Å². The van der Waals surface area contributed by atoms with Gasteiger partial charge in [-0.25, -0.2) is 13.1 Å². The van der Waals surface area contributed by atoms with Crippen LogP contribution in [-0.2, 0) is 16.6 Å². The summed E-state index contributed by atoms with van der Waals surface area (Å²) in [6.07, 6.45) is 3.67. The highest BCUT2D eigenvalue weighted by atomic mass is 35.5. The van der Waals surface area contributed by atoms with Gasteiger partial charge in [0.1, 0.15) is 0 Å². The smallest absolute Gasteiger partial charge is 0.240 e. The zero-order valence-corrected chi connectivity index (χ0v) is 15.3. The van der Waals surface area contributed by atoms with Crippen LogP contribution in [-0.4, -0.2) is 24.7 Å². The van der Waals surface area contributed by atoms with E-state index in [-0.39, 0.29) is 11.4 Å². The third-order valence-corrected chi connectivity index (χ3v) is 5.65. The number of rotatable bonds is 6. The summed E-state index contributed by atoms with van der Waals surface area (Å²) >= 11 is 5.91. The van der Waals surface area contributed by atoms with Crippen molar-refractivity contribution in [2.75, 3.05) is 6.54 Å². The maximum Gasteiger partial charge on any atom is 0.240 e. The van der Waals surface area contributed by atoms with E-state index in [0.717, 1.165) is 11.1 Å². The zero-order valence-electron chi connectivity index (χ0n) is 13.7. The Labute approximate surface area is 152 Å². The lowest BCUT2D eigenvalue weighted by atomic mass is 10.1. The van der Waals surface area contributed by atoms with Crippen molar-refractivity contribution in [3.05, 3.63) is 71.5 Å². The number of sulfonamides is 1. The van der Waals surface area contributed by atoms with Crippen LogP contribution in [0.3, 0.4) is 0 Å². The first kappa shape index (κ1) is 17.7. The van der Waals surface area contributed by atoms with Gasteiger partial charge in [-0.2, -0.15) is 5.10 Å². The van der Waals surface area contributed by atoms with Gasteiger partial charge in [-0.15, -0.1) is 0 Å². The Morgan fingerprint density at radius 3 is 2.64 bits per heavy atom. The number of halogens is 1. The molecule has 25 heavy (non-hydrogen) atoms. The minimum atomic E-state index is -3.60. The molecule has 0 aliphatic carbocycles. The van der Waals surface area contributed by atoms with Gasteiger partial charge in [0.05, 0.1) is 17.6 Å². The Kier molecular flexibility index (Phi) is 5.22. The molecule has 0 atom stereocenters. The highest BCUT2D eigenvalue weighted by molar-refractivity contribution is 7.89. The molecule has 0 unspecified atom stereocenters. The Morgan fingerprint density at radius 1 is 1.12 bits per heavy atom. The van der Waals surface area contributed by atoms with Crippen molar-refractivity contribution in [2.24, 2.45) is 0 Å². The van der Waals surface area contributed by atoms with Crippen molar-refractivity contribution in [3.8, 4) is 11.1 Å². The van der Waals surface area contributed by atoms with Crippen molar-refractivity contribution < 1.29 is 8.42 Å². The minimum Gasteiger partial charge on any atom is -0.271 e. The first-order valence-corrected chi connectivity index (χ1v) is 9.65. The lowest BCUT2D eigenvalue weighted by molar-refractivity contribution is 0.560. The van der Waals surface area contributed by atoms with Gasteiger partial charge in [0, 0.05) is 23.3 Å². The van der Waals surface area contributed by atoms with Gasteiger partial charge in [-0.1, -0.05) is 48.0 Å². The normalized spacial score (nSPS) is 11.6. The van der Waals surface area contributed by atoms with E-state index in [0.29, 0.717) is 17.1 Å². The Balaban J connectivity index is 1.65. The van der Waals surface area contributed by atoms with Gasteiger partial charge in [-0.3, -0.25) is 4.68 Å². The summed E-state index contributed by atoms with van der Waals surface area (Å²) in [5.74, 6) is 0. The first-order valence-electron chi connectivity index (χ1n) is 7.79. The Hall–Kier alpha value is -2.15. The van der Waals surface area contributed by atoms with Crippen LogP contribution in [0.15, 0.2) is 65.8 Å². The van der Waals surface area contributed by atoms with Crippen LogP contribution in [0.1, 0.15) is 5.56 Å². The van der Waals surface area contributed by atoms with Crippen LogP contribution in [0.5, 0.6) is 0 Å². The van der Waals surface area contributed by atoms with Gasteiger partial charge in [0.15, 0.2) is 0 Å². The van der Waals surface area contributed by atoms with Crippen molar-refractivity contribution in [3.63, 3.8) is 0 Å². The molecule has 5 nitrogen and oxygen atoms in total. The summed E-state index contributed by atoms with van der Waals surface area (Å²) in [5.41, 5.74) is 2.72. The molecule has 1 N–H and O–H groups in total. The van der Waals surface area contributed by atoms with Crippen LogP contribution in [0.2, 0.25) is 5.02 Å². The summed E-state index contributed by atoms with van der Waals surface area (Å²) < 4.78 is 29.2. The monoisotopic (exact) mass is 375 g/mol. The van der Waals surface area contributed by atoms with Gasteiger partial charge in [0.25, 0.3) is 0 Å². The molecule has 3 aromatic rings. The lowest BCUT2D eigenvalue weighted by Gasteiger charge is -2.09. The summed E-state index contributed by atoms with van der Waals surface area (Å²) in [5, 5.41) is 4.67. The van der Waals surface area contributed by atoms with E-state index < -0.39 is 10.0 Å². The van der Waals surface area contributed by atoms with E-state index >= 15 is 0 Å². The SMILES string of the molecule is Cc1ccc(Cl)cc1S(=O)(=O)NCCn1cc(-c2ccccc2)cn1. The average molecular weight is 376 g/mol. The van der Waals surface area contributed by atoms with Crippen LogP contribution in [0.4, 0.5) is 0 Å². The molecule has 0 fully saturated rings. The molecule has 0 saturated carbocycles. The van der Waals surface area contributed by atoms with Crippen LogP contribution >= 0.6 is 11.6 Å². The van der Waals surface area contributed by atoms with Crippen LogP contribution in [0, 0.1) is 6.92 Å². The number of benzene rings is 2. The molecular weight excluding hydrogens is 358 g/mol. The van der Waals surface area contributed by atoms with Crippen LogP contribution < -0.4 is 4.72 Å². The topological polar surface area (TPSA) is 64.0 Å².